The highest BCUT2D eigenvalue weighted by molar-refractivity contribution is 7.89. The molecule has 1 rings (SSSR count). The van der Waals surface area contributed by atoms with E-state index >= 15 is 0 Å². The Kier molecular flexibility index (Phi) is 6.09. The molecule has 0 saturated heterocycles. The molecule has 1 N–H and O–H groups in total. The number of ether oxygens (including phenoxy) is 1. The first kappa shape index (κ1) is 18.1. The smallest absolute Gasteiger partial charge is 0.308 e. The van der Waals surface area contributed by atoms with Crippen LogP contribution in [0.1, 0.15) is 28.7 Å². The Morgan fingerprint density at radius 1 is 1.23 bits per heavy atom. The summed E-state index contributed by atoms with van der Waals surface area (Å²) >= 11 is 0. The van der Waals surface area contributed by atoms with E-state index < -0.39 is 16.0 Å². The number of carbonyl (C=O) groups excluding carboxylic acids is 1. The summed E-state index contributed by atoms with van der Waals surface area (Å²) in [6, 6.07) is 3.62. The second kappa shape index (κ2) is 7.38. The normalized spacial score (nSPS) is 11.0. The van der Waals surface area contributed by atoms with E-state index in [2.05, 4.69) is 9.46 Å². The van der Waals surface area contributed by atoms with Gasteiger partial charge in [-0.1, -0.05) is 6.07 Å². The van der Waals surface area contributed by atoms with Crippen molar-refractivity contribution in [3.63, 3.8) is 0 Å². The topological polar surface area (TPSA) is 96.3 Å². The highest BCUT2D eigenvalue weighted by Crippen LogP contribution is 2.25. The van der Waals surface area contributed by atoms with Gasteiger partial charge in [-0.25, -0.2) is 13.1 Å². The lowest BCUT2D eigenvalue weighted by molar-refractivity contribution is -0.142. The van der Waals surface area contributed by atoms with Crippen LogP contribution in [0.3, 0.4) is 0 Å². The van der Waals surface area contributed by atoms with Crippen LogP contribution in [0.2, 0.25) is 0 Å². The van der Waals surface area contributed by atoms with Gasteiger partial charge in [-0.3, -0.25) is 4.79 Å². The SMILES string of the molecule is Cc1cc(C)c(C)c(S(=O)(=O)NCCC(=O)OCC#N)c1C. The van der Waals surface area contributed by atoms with E-state index in [1.54, 1.807) is 19.9 Å². The van der Waals surface area contributed by atoms with Gasteiger partial charge in [0.25, 0.3) is 0 Å². The molecule has 22 heavy (non-hydrogen) atoms. The van der Waals surface area contributed by atoms with Gasteiger partial charge in [0.1, 0.15) is 6.07 Å². The third-order valence-electron chi connectivity index (χ3n) is 3.48. The van der Waals surface area contributed by atoms with Crippen LogP contribution in [-0.2, 0) is 19.6 Å². The second-order valence-corrected chi connectivity index (χ2v) is 6.76. The monoisotopic (exact) mass is 324 g/mol. The summed E-state index contributed by atoms with van der Waals surface area (Å²) in [4.78, 5) is 11.5. The van der Waals surface area contributed by atoms with E-state index in [1.807, 2.05) is 19.9 Å². The van der Waals surface area contributed by atoms with Crippen LogP contribution < -0.4 is 4.72 Å². The van der Waals surface area contributed by atoms with E-state index in [0.29, 0.717) is 11.1 Å². The van der Waals surface area contributed by atoms with Gasteiger partial charge in [-0.15, -0.1) is 0 Å². The molecule has 0 heterocycles. The number of aryl methyl sites for hydroxylation is 2. The van der Waals surface area contributed by atoms with Crippen LogP contribution in [0.4, 0.5) is 0 Å². The van der Waals surface area contributed by atoms with Crippen LogP contribution in [0.25, 0.3) is 0 Å². The molecule has 0 fully saturated rings. The van der Waals surface area contributed by atoms with Gasteiger partial charge >= 0.3 is 5.97 Å². The molecule has 0 aliphatic heterocycles. The predicted molar refractivity (Wildman–Crippen MR) is 81.8 cm³/mol. The number of hydrogen-bond donors (Lipinski definition) is 1. The Morgan fingerprint density at radius 2 is 1.77 bits per heavy atom. The Morgan fingerprint density at radius 3 is 2.27 bits per heavy atom. The number of benzene rings is 1. The highest BCUT2D eigenvalue weighted by atomic mass is 32.2. The van der Waals surface area contributed by atoms with Gasteiger partial charge < -0.3 is 4.74 Å². The molecule has 0 saturated carbocycles. The third-order valence-corrected chi connectivity index (χ3v) is 5.22. The summed E-state index contributed by atoms with van der Waals surface area (Å²) in [7, 11) is -3.71. The number of sulfonamides is 1. The average molecular weight is 324 g/mol. The molecule has 0 spiro atoms. The lowest BCUT2D eigenvalue weighted by Gasteiger charge is -2.16. The minimum absolute atomic E-state index is 0.0710. The minimum atomic E-state index is -3.71. The summed E-state index contributed by atoms with van der Waals surface area (Å²) in [5.41, 5.74) is 3.19. The Balaban J connectivity index is 2.89. The fourth-order valence-electron chi connectivity index (χ4n) is 2.13. The molecular formula is C15H20N2O4S. The zero-order chi connectivity index (χ0) is 16.9. The molecule has 1 aromatic carbocycles. The Hall–Kier alpha value is -1.91. The number of rotatable bonds is 6. The molecule has 0 amide bonds. The van der Waals surface area contributed by atoms with Gasteiger partial charge in [0.2, 0.25) is 10.0 Å². The van der Waals surface area contributed by atoms with Crippen molar-refractivity contribution in [3.05, 3.63) is 28.3 Å². The number of hydrogen-bond acceptors (Lipinski definition) is 5. The maximum Gasteiger partial charge on any atom is 0.308 e. The first-order valence-electron chi connectivity index (χ1n) is 6.80. The average Bonchev–Trinajstić information content (AvgIpc) is 2.42. The third kappa shape index (κ3) is 4.29. The van der Waals surface area contributed by atoms with Crippen LogP contribution in [-0.4, -0.2) is 27.5 Å². The van der Waals surface area contributed by atoms with E-state index in [9.17, 15) is 13.2 Å². The summed E-state index contributed by atoms with van der Waals surface area (Å²) in [5, 5.41) is 8.29. The standard InChI is InChI=1S/C15H20N2O4S/c1-10-9-11(2)13(4)15(12(10)3)22(19,20)17-7-5-14(18)21-8-6-16/h9,17H,5,7-8H2,1-4H3. The second-order valence-electron chi connectivity index (χ2n) is 5.06. The molecule has 1 aromatic rings. The van der Waals surface area contributed by atoms with E-state index in [-0.39, 0.29) is 24.5 Å². The molecule has 0 radical (unpaired) electrons. The van der Waals surface area contributed by atoms with Crippen LogP contribution in [0, 0.1) is 39.0 Å². The molecular weight excluding hydrogens is 304 g/mol. The maximum atomic E-state index is 12.5. The molecule has 0 aliphatic rings. The number of esters is 1. The first-order chi connectivity index (χ1) is 10.2. The van der Waals surface area contributed by atoms with Crippen molar-refractivity contribution in [2.24, 2.45) is 0 Å². The quantitative estimate of drug-likeness (QED) is 0.803. The number of nitriles is 1. The van der Waals surface area contributed by atoms with Crippen LogP contribution in [0.5, 0.6) is 0 Å². The molecule has 0 bridgehead atoms. The van der Waals surface area contributed by atoms with E-state index in [1.165, 1.54) is 0 Å². The molecule has 7 heteroatoms. The zero-order valence-corrected chi connectivity index (χ0v) is 14.0. The van der Waals surface area contributed by atoms with Crippen molar-refractivity contribution in [2.45, 2.75) is 39.0 Å². The van der Waals surface area contributed by atoms with Gasteiger partial charge in [0, 0.05) is 6.54 Å². The lowest BCUT2D eigenvalue weighted by atomic mass is 10.0. The van der Waals surface area contributed by atoms with Crippen molar-refractivity contribution in [1.82, 2.24) is 4.72 Å². The molecule has 0 unspecified atom stereocenters. The fraction of sp³-hybridized carbons (Fsp3) is 0.467. The predicted octanol–water partition coefficient (Wildman–Crippen LogP) is 1.66. The van der Waals surface area contributed by atoms with Gasteiger partial charge in [0.15, 0.2) is 6.61 Å². The zero-order valence-electron chi connectivity index (χ0n) is 13.2. The van der Waals surface area contributed by atoms with Gasteiger partial charge in [0.05, 0.1) is 11.3 Å². The minimum Gasteiger partial charge on any atom is -0.450 e. The Bertz CT molecular complexity index is 692. The highest BCUT2D eigenvalue weighted by Gasteiger charge is 2.22. The Labute approximate surface area is 131 Å². The van der Waals surface area contributed by atoms with Crippen molar-refractivity contribution in [1.29, 1.82) is 5.26 Å². The fourth-order valence-corrected chi connectivity index (χ4v) is 3.77. The molecule has 6 nitrogen and oxygen atoms in total. The maximum absolute atomic E-state index is 12.5. The van der Waals surface area contributed by atoms with Crippen molar-refractivity contribution >= 4 is 16.0 Å². The summed E-state index contributed by atoms with van der Waals surface area (Å²) < 4.78 is 31.9. The summed E-state index contributed by atoms with van der Waals surface area (Å²) in [6.07, 6.45) is -0.121. The largest absolute Gasteiger partial charge is 0.450 e. The number of nitrogens with zero attached hydrogens (tertiary/aromatic N) is 1. The van der Waals surface area contributed by atoms with Crippen molar-refractivity contribution < 1.29 is 17.9 Å². The van der Waals surface area contributed by atoms with E-state index in [0.717, 1.165) is 11.1 Å². The number of carbonyl (C=O) groups is 1. The van der Waals surface area contributed by atoms with Crippen molar-refractivity contribution in [3.8, 4) is 6.07 Å². The van der Waals surface area contributed by atoms with Crippen LogP contribution in [0.15, 0.2) is 11.0 Å². The van der Waals surface area contributed by atoms with E-state index in [4.69, 9.17) is 5.26 Å². The molecule has 0 atom stereocenters. The lowest BCUT2D eigenvalue weighted by Crippen LogP contribution is -2.28. The molecule has 0 aliphatic carbocycles. The van der Waals surface area contributed by atoms with Crippen LogP contribution >= 0.6 is 0 Å². The van der Waals surface area contributed by atoms with Crippen molar-refractivity contribution in [2.75, 3.05) is 13.2 Å². The van der Waals surface area contributed by atoms with Gasteiger partial charge in [-0.05, 0) is 49.9 Å². The van der Waals surface area contributed by atoms with Gasteiger partial charge in [-0.2, -0.15) is 5.26 Å². The number of nitrogens with one attached hydrogen (secondary N) is 1. The first-order valence-corrected chi connectivity index (χ1v) is 8.28. The molecule has 120 valence electrons. The summed E-state index contributed by atoms with van der Waals surface area (Å²) in [5.74, 6) is -0.613. The molecule has 0 aromatic heterocycles. The summed E-state index contributed by atoms with van der Waals surface area (Å²) in [6.45, 7) is 6.84.